The van der Waals surface area contributed by atoms with E-state index in [4.69, 9.17) is 0 Å². The molecule has 38 heavy (non-hydrogen) atoms. The third-order valence-electron chi connectivity index (χ3n) is 7.04. The van der Waals surface area contributed by atoms with E-state index >= 15 is 0 Å². The van der Waals surface area contributed by atoms with Gasteiger partial charge in [-0.05, 0) is 52.9 Å². The van der Waals surface area contributed by atoms with E-state index < -0.39 is 0 Å². The topological polar surface area (TPSA) is 3.24 Å². The molecule has 1 aliphatic rings. The molecule has 2 heteroatoms. The van der Waals surface area contributed by atoms with E-state index in [-0.39, 0.29) is 0 Å². The van der Waals surface area contributed by atoms with E-state index in [9.17, 15) is 0 Å². The van der Waals surface area contributed by atoms with E-state index in [0.29, 0.717) is 0 Å². The van der Waals surface area contributed by atoms with Gasteiger partial charge in [0, 0.05) is 16.3 Å². The van der Waals surface area contributed by atoms with Gasteiger partial charge in [-0.3, -0.25) is 0 Å². The highest BCUT2D eigenvalue weighted by Crippen LogP contribution is 2.49. The lowest BCUT2D eigenvalue weighted by atomic mass is 10.1. The van der Waals surface area contributed by atoms with Crippen LogP contribution in [0.25, 0.3) is 24.3 Å². The number of hydrogen-bond acceptors (Lipinski definition) is 2. The van der Waals surface area contributed by atoms with Crippen molar-refractivity contribution >= 4 is 47.4 Å². The second-order valence-corrected chi connectivity index (χ2v) is 11.0. The Balaban J connectivity index is 1.39. The van der Waals surface area contributed by atoms with Crippen LogP contribution in [0.1, 0.15) is 67.7 Å². The van der Waals surface area contributed by atoms with Gasteiger partial charge in [0.1, 0.15) is 0 Å². The molecule has 0 aromatic heterocycles. The molecule has 0 saturated carbocycles. The van der Waals surface area contributed by atoms with Crippen molar-refractivity contribution in [3.8, 4) is 0 Å². The molecule has 0 radical (unpaired) electrons. The van der Waals surface area contributed by atoms with Crippen molar-refractivity contribution in [2.45, 2.75) is 55.2 Å². The molecular formula is C36H37NS. The van der Waals surface area contributed by atoms with Crippen molar-refractivity contribution in [2.75, 3.05) is 11.4 Å². The lowest BCUT2D eigenvalue weighted by Crippen LogP contribution is -2.22. The van der Waals surface area contributed by atoms with Gasteiger partial charge in [0.05, 0.1) is 11.4 Å². The Bertz CT molecular complexity index is 1270. The first kappa shape index (κ1) is 26.1. The van der Waals surface area contributed by atoms with E-state index in [2.05, 4.69) is 133 Å². The molecular weight excluding hydrogens is 478 g/mol. The summed E-state index contributed by atoms with van der Waals surface area (Å²) >= 11 is 1.90. The molecule has 1 aliphatic heterocycles. The average molecular weight is 516 g/mol. The summed E-state index contributed by atoms with van der Waals surface area (Å²) in [6.07, 6.45) is 16.7. The van der Waals surface area contributed by atoms with Gasteiger partial charge in [-0.1, -0.05) is 148 Å². The van der Waals surface area contributed by atoms with Crippen LogP contribution in [0.2, 0.25) is 0 Å². The van der Waals surface area contributed by atoms with E-state index in [1.165, 1.54) is 81.9 Å². The molecule has 0 N–H and O–H groups in total. The lowest BCUT2D eigenvalue weighted by molar-refractivity contribution is 0.608. The summed E-state index contributed by atoms with van der Waals surface area (Å²) in [5, 5.41) is 0. The number of fused-ring (bicyclic) bond motifs is 2. The van der Waals surface area contributed by atoms with Gasteiger partial charge in [0.15, 0.2) is 0 Å². The van der Waals surface area contributed by atoms with Crippen molar-refractivity contribution in [1.29, 1.82) is 0 Å². The minimum atomic E-state index is 1.06. The Morgan fingerprint density at radius 1 is 0.526 bits per heavy atom. The van der Waals surface area contributed by atoms with Gasteiger partial charge in [-0.15, -0.1) is 0 Å². The second kappa shape index (κ2) is 13.3. The Morgan fingerprint density at radius 3 is 1.53 bits per heavy atom. The quantitative estimate of drug-likeness (QED) is 0.144. The van der Waals surface area contributed by atoms with Crippen LogP contribution in [0, 0.1) is 0 Å². The van der Waals surface area contributed by atoms with Crippen molar-refractivity contribution in [3.05, 3.63) is 119 Å². The Kier molecular flexibility index (Phi) is 9.18. The summed E-state index contributed by atoms with van der Waals surface area (Å²) < 4.78 is 0. The monoisotopic (exact) mass is 515 g/mol. The zero-order valence-corrected chi connectivity index (χ0v) is 23.2. The van der Waals surface area contributed by atoms with Crippen LogP contribution in [0.15, 0.2) is 107 Å². The van der Waals surface area contributed by atoms with Crippen LogP contribution >= 0.6 is 11.8 Å². The summed E-state index contributed by atoms with van der Waals surface area (Å²) in [7, 11) is 0. The number of benzene rings is 4. The largest absolute Gasteiger partial charge is 0.340 e. The summed E-state index contributed by atoms with van der Waals surface area (Å²) in [6, 6.07) is 34.9. The molecule has 4 aromatic rings. The summed E-state index contributed by atoms with van der Waals surface area (Å²) in [5.41, 5.74) is 7.60. The number of hydrogen-bond donors (Lipinski definition) is 0. The fraction of sp³-hybridized carbons (Fsp3) is 0.222. The van der Waals surface area contributed by atoms with Crippen molar-refractivity contribution in [3.63, 3.8) is 0 Å². The van der Waals surface area contributed by atoms with E-state index in [1.54, 1.807) is 0 Å². The highest BCUT2D eigenvalue weighted by molar-refractivity contribution is 7.99. The fourth-order valence-electron chi connectivity index (χ4n) is 4.93. The van der Waals surface area contributed by atoms with Gasteiger partial charge in [0.25, 0.3) is 0 Å². The zero-order valence-electron chi connectivity index (χ0n) is 22.4. The number of nitrogens with zero attached hydrogens (tertiary/aromatic N) is 1. The second-order valence-electron chi connectivity index (χ2n) is 9.96. The van der Waals surface area contributed by atoms with Gasteiger partial charge in [-0.25, -0.2) is 0 Å². The van der Waals surface area contributed by atoms with E-state index in [0.717, 1.165) is 6.54 Å². The van der Waals surface area contributed by atoms with Crippen LogP contribution in [0.5, 0.6) is 0 Å². The molecule has 192 valence electrons. The first-order chi connectivity index (χ1) is 18.8. The molecule has 0 atom stereocenters. The molecule has 0 amide bonds. The lowest BCUT2D eigenvalue weighted by Gasteiger charge is -2.33. The van der Waals surface area contributed by atoms with Crippen LogP contribution in [-0.4, -0.2) is 6.54 Å². The molecule has 4 aromatic carbocycles. The third-order valence-corrected chi connectivity index (χ3v) is 8.13. The van der Waals surface area contributed by atoms with Crippen LogP contribution in [0.3, 0.4) is 0 Å². The highest BCUT2D eigenvalue weighted by atomic mass is 32.2. The predicted octanol–water partition coefficient (Wildman–Crippen LogP) is 11.0. The summed E-state index contributed by atoms with van der Waals surface area (Å²) in [5.74, 6) is 0. The van der Waals surface area contributed by atoms with Gasteiger partial charge in [-0.2, -0.15) is 0 Å². The van der Waals surface area contributed by atoms with Gasteiger partial charge in [0.2, 0.25) is 0 Å². The van der Waals surface area contributed by atoms with Crippen molar-refractivity contribution in [2.24, 2.45) is 0 Å². The fourth-order valence-corrected chi connectivity index (χ4v) is 6.12. The highest BCUT2D eigenvalue weighted by Gasteiger charge is 2.23. The first-order valence-electron chi connectivity index (χ1n) is 14.0. The molecule has 0 bridgehead atoms. The maximum Gasteiger partial charge on any atom is 0.0553 e. The predicted molar refractivity (Wildman–Crippen MR) is 168 cm³/mol. The SMILES string of the molecule is CCCCCCCCN1c2ccc(C=Cc3ccccc3)cc2Sc2cc(C=Cc3ccccc3)ccc21. The molecule has 1 heterocycles. The minimum Gasteiger partial charge on any atom is -0.340 e. The molecule has 0 saturated heterocycles. The third kappa shape index (κ3) is 6.88. The first-order valence-corrected chi connectivity index (χ1v) is 14.8. The number of unbranched alkanes of at least 4 members (excludes halogenated alkanes) is 5. The summed E-state index contributed by atoms with van der Waals surface area (Å²) in [6.45, 7) is 3.34. The van der Waals surface area contributed by atoms with E-state index in [1.807, 2.05) is 11.8 Å². The number of anilines is 2. The Labute approximate surface area is 232 Å². The molecule has 1 nitrogen and oxygen atoms in total. The molecule has 0 fully saturated rings. The smallest absolute Gasteiger partial charge is 0.0553 e. The van der Waals surface area contributed by atoms with Crippen LogP contribution in [-0.2, 0) is 0 Å². The van der Waals surface area contributed by atoms with Crippen molar-refractivity contribution in [1.82, 2.24) is 0 Å². The van der Waals surface area contributed by atoms with Crippen molar-refractivity contribution < 1.29 is 0 Å². The van der Waals surface area contributed by atoms with Crippen LogP contribution in [0.4, 0.5) is 11.4 Å². The molecule has 0 spiro atoms. The maximum atomic E-state index is 2.55. The van der Waals surface area contributed by atoms with Crippen LogP contribution < -0.4 is 4.90 Å². The number of rotatable bonds is 11. The average Bonchev–Trinajstić information content (AvgIpc) is 2.97. The normalized spacial score (nSPS) is 12.7. The maximum absolute atomic E-state index is 2.55. The van der Waals surface area contributed by atoms with Gasteiger partial charge < -0.3 is 4.90 Å². The Hall–Kier alpha value is -3.49. The van der Waals surface area contributed by atoms with Gasteiger partial charge >= 0.3 is 0 Å². The molecule has 0 aliphatic carbocycles. The zero-order chi connectivity index (χ0) is 26.0. The minimum absolute atomic E-state index is 1.06. The summed E-state index contributed by atoms with van der Waals surface area (Å²) in [4.78, 5) is 5.22. The molecule has 5 rings (SSSR count). The molecule has 0 unspecified atom stereocenters. The Morgan fingerprint density at radius 2 is 1.00 bits per heavy atom. The standard InChI is InChI=1S/C36H37NS/c1-2-3-4-5-6-13-26-37-33-24-22-31(20-18-29-14-9-7-10-15-29)27-35(33)38-36-28-32(23-25-34(36)37)21-19-30-16-11-8-12-17-30/h7-12,14-25,27-28H,2-6,13,26H2,1H3.